The number of nitrogens with zero attached hydrogens (tertiary/aromatic N) is 1. The zero-order valence-electron chi connectivity index (χ0n) is 7.07. The van der Waals surface area contributed by atoms with Crippen LogP contribution in [0.1, 0.15) is 10.4 Å². The van der Waals surface area contributed by atoms with Gasteiger partial charge >= 0.3 is 5.97 Å². The first kappa shape index (κ1) is 9.39. The summed E-state index contributed by atoms with van der Waals surface area (Å²) in [5.74, 6) is -0.917. The number of carboxylic acids is 1. The highest BCUT2D eigenvalue weighted by Gasteiger charge is 2.08. The molecule has 0 spiro atoms. The number of rotatable bonds is 1. The van der Waals surface area contributed by atoms with Crippen LogP contribution in [0.2, 0.25) is 0 Å². The van der Waals surface area contributed by atoms with E-state index in [2.05, 4.69) is 27.6 Å². The second-order valence-corrected chi connectivity index (χ2v) is 4.07. The Morgan fingerprint density at radius 3 is 2.86 bits per heavy atom. The van der Waals surface area contributed by atoms with Crippen molar-refractivity contribution in [2.24, 2.45) is 0 Å². The zero-order valence-corrected chi connectivity index (χ0v) is 9.22. The number of hydrogen-bond acceptors (Lipinski definition) is 2. The van der Waals surface area contributed by atoms with Crippen LogP contribution in [0.3, 0.4) is 0 Å². The van der Waals surface area contributed by atoms with E-state index in [0.29, 0.717) is 16.5 Å². The largest absolute Gasteiger partial charge is 0.478 e. The Kier molecular flexibility index (Phi) is 2.37. The van der Waals surface area contributed by atoms with Gasteiger partial charge in [0, 0.05) is 15.2 Å². The lowest BCUT2D eigenvalue weighted by Gasteiger charge is -2.01. The fourth-order valence-corrected chi connectivity index (χ4v) is 1.80. The van der Waals surface area contributed by atoms with Crippen LogP contribution >= 0.6 is 22.6 Å². The quantitative estimate of drug-likeness (QED) is 0.823. The van der Waals surface area contributed by atoms with E-state index in [9.17, 15) is 4.79 Å². The summed E-state index contributed by atoms with van der Waals surface area (Å²) in [6.45, 7) is 0. The predicted octanol–water partition coefficient (Wildman–Crippen LogP) is 2.54. The van der Waals surface area contributed by atoms with Gasteiger partial charge in [-0.05, 0) is 46.9 Å². The molecule has 2 rings (SSSR count). The third-order valence-corrected chi connectivity index (χ3v) is 2.60. The van der Waals surface area contributed by atoms with Crippen molar-refractivity contribution in [2.75, 3.05) is 0 Å². The first-order valence-electron chi connectivity index (χ1n) is 3.96. The van der Waals surface area contributed by atoms with Crippen LogP contribution in [-0.4, -0.2) is 16.1 Å². The molecule has 0 atom stereocenters. The van der Waals surface area contributed by atoms with Crippen molar-refractivity contribution in [1.82, 2.24) is 4.98 Å². The van der Waals surface area contributed by atoms with Crippen molar-refractivity contribution >= 4 is 39.5 Å². The van der Waals surface area contributed by atoms with E-state index in [4.69, 9.17) is 5.11 Å². The van der Waals surface area contributed by atoms with E-state index in [1.807, 2.05) is 18.2 Å². The van der Waals surface area contributed by atoms with E-state index in [-0.39, 0.29) is 0 Å². The maximum Gasteiger partial charge on any atom is 0.336 e. The molecule has 0 aliphatic carbocycles. The molecule has 0 aliphatic rings. The molecular formula is C10H6INO2. The maximum absolute atomic E-state index is 10.9. The van der Waals surface area contributed by atoms with Crippen LogP contribution in [0.5, 0.6) is 0 Å². The summed E-state index contributed by atoms with van der Waals surface area (Å²) in [6.07, 6.45) is 1.51. The maximum atomic E-state index is 10.9. The van der Waals surface area contributed by atoms with Crippen LogP contribution in [0, 0.1) is 3.57 Å². The van der Waals surface area contributed by atoms with Gasteiger partial charge in [-0.1, -0.05) is 0 Å². The minimum Gasteiger partial charge on any atom is -0.478 e. The number of carboxylic acid groups (broad SMARTS) is 1. The number of aromatic nitrogens is 1. The van der Waals surface area contributed by atoms with Crippen LogP contribution in [-0.2, 0) is 0 Å². The Morgan fingerprint density at radius 1 is 1.36 bits per heavy atom. The zero-order chi connectivity index (χ0) is 10.1. The van der Waals surface area contributed by atoms with Gasteiger partial charge in [0.15, 0.2) is 0 Å². The second kappa shape index (κ2) is 3.53. The van der Waals surface area contributed by atoms with Crippen molar-refractivity contribution < 1.29 is 9.90 Å². The first-order chi connectivity index (χ1) is 6.68. The smallest absolute Gasteiger partial charge is 0.336 e. The Labute approximate surface area is 93.9 Å². The molecule has 0 saturated carbocycles. The SMILES string of the molecule is O=C(O)c1ccnc2ccc(I)cc12. The molecule has 3 nitrogen and oxygen atoms in total. The monoisotopic (exact) mass is 299 g/mol. The average Bonchev–Trinajstić information content (AvgIpc) is 2.16. The number of carbonyl (C=O) groups is 1. The molecule has 70 valence electrons. The second-order valence-electron chi connectivity index (χ2n) is 2.83. The van der Waals surface area contributed by atoms with Gasteiger partial charge in [0.05, 0.1) is 11.1 Å². The average molecular weight is 299 g/mol. The molecule has 0 fully saturated rings. The fourth-order valence-electron chi connectivity index (χ4n) is 1.30. The molecule has 4 heteroatoms. The number of benzene rings is 1. The third kappa shape index (κ3) is 1.57. The highest BCUT2D eigenvalue weighted by Crippen LogP contribution is 2.19. The van der Waals surface area contributed by atoms with Crippen LogP contribution in [0.15, 0.2) is 30.5 Å². The molecule has 0 amide bonds. The minimum absolute atomic E-state index is 0.300. The topological polar surface area (TPSA) is 50.2 Å². The Hall–Kier alpha value is -1.17. The van der Waals surface area contributed by atoms with Crippen molar-refractivity contribution in [1.29, 1.82) is 0 Å². The fraction of sp³-hybridized carbons (Fsp3) is 0. The summed E-state index contributed by atoms with van der Waals surface area (Å²) in [5, 5.41) is 9.63. The molecule has 1 aromatic heterocycles. The van der Waals surface area contributed by atoms with Gasteiger partial charge < -0.3 is 5.11 Å². The summed E-state index contributed by atoms with van der Waals surface area (Å²) in [5.41, 5.74) is 1.01. The number of fused-ring (bicyclic) bond motifs is 1. The summed E-state index contributed by atoms with van der Waals surface area (Å²) in [6, 6.07) is 7.07. The normalized spacial score (nSPS) is 10.4. The van der Waals surface area contributed by atoms with Gasteiger partial charge in [-0.2, -0.15) is 0 Å². The van der Waals surface area contributed by atoms with E-state index in [1.54, 1.807) is 0 Å². The standard InChI is InChI=1S/C10H6INO2/c11-6-1-2-9-8(5-6)7(10(13)14)3-4-12-9/h1-5H,(H,13,14). The molecule has 2 aromatic rings. The van der Waals surface area contributed by atoms with Crippen LogP contribution < -0.4 is 0 Å². The van der Waals surface area contributed by atoms with Gasteiger partial charge in [0.1, 0.15) is 0 Å². The lowest BCUT2D eigenvalue weighted by atomic mass is 10.1. The van der Waals surface area contributed by atoms with Gasteiger partial charge in [-0.25, -0.2) is 4.79 Å². The van der Waals surface area contributed by atoms with Crippen molar-refractivity contribution in [3.8, 4) is 0 Å². The molecule has 0 aliphatic heterocycles. The minimum atomic E-state index is -0.917. The number of pyridine rings is 1. The van der Waals surface area contributed by atoms with E-state index < -0.39 is 5.97 Å². The van der Waals surface area contributed by atoms with E-state index >= 15 is 0 Å². The molecule has 1 aromatic carbocycles. The van der Waals surface area contributed by atoms with Crippen molar-refractivity contribution in [3.63, 3.8) is 0 Å². The molecule has 1 heterocycles. The van der Waals surface area contributed by atoms with Crippen LogP contribution in [0.4, 0.5) is 0 Å². The summed E-state index contributed by atoms with van der Waals surface area (Å²) < 4.78 is 1.01. The molecule has 0 unspecified atom stereocenters. The molecule has 0 radical (unpaired) electrons. The molecule has 1 N–H and O–H groups in total. The first-order valence-corrected chi connectivity index (χ1v) is 5.04. The van der Waals surface area contributed by atoms with Crippen molar-refractivity contribution in [3.05, 3.63) is 39.6 Å². The predicted molar refractivity (Wildman–Crippen MR) is 61.4 cm³/mol. The van der Waals surface area contributed by atoms with E-state index in [0.717, 1.165) is 3.57 Å². The highest BCUT2D eigenvalue weighted by molar-refractivity contribution is 14.1. The molecule has 0 saturated heterocycles. The number of hydrogen-bond donors (Lipinski definition) is 1. The Morgan fingerprint density at radius 2 is 2.14 bits per heavy atom. The molecular weight excluding hydrogens is 293 g/mol. The Bertz CT molecular complexity index is 510. The molecule has 0 bridgehead atoms. The van der Waals surface area contributed by atoms with Crippen molar-refractivity contribution in [2.45, 2.75) is 0 Å². The van der Waals surface area contributed by atoms with E-state index in [1.165, 1.54) is 12.3 Å². The summed E-state index contributed by atoms with van der Waals surface area (Å²) in [7, 11) is 0. The summed E-state index contributed by atoms with van der Waals surface area (Å²) in [4.78, 5) is 15.0. The van der Waals surface area contributed by atoms with Gasteiger partial charge in [-0.15, -0.1) is 0 Å². The summed E-state index contributed by atoms with van der Waals surface area (Å²) >= 11 is 2.15. The van der Waals surface area contributed by atoms with Crippen LogP contribution in [0.25, 0.3) is 10.9 Å². The highest BCUT2D eigenvalue weighted by atomic mass is 127. The van der Waals surface area contributed by atoms with Gasteiger partial charge in [-0.3, -0.25) is 4.98 Å². The number of aromatic carboxylic acids is 1. The Balaban J connectivity index is 2.84. The lowest BCUT2D eigenvalue weighted by molar-refractivity contribution is 0.0699. The van der Waals surface area contributed by atoms with Gasteiger partial charge in [0.25, 0.3) is 0 Å². The molecule has 14 heavy (non-hydrogen) atoms. The third-order valence-electron chi connectivity index (χ3n) is 1.93. The van der Waals surface area contributed by atoms with Gasteiger partial charge in [0.2, 0.25) is 0 Å². The lowest BCUT2D eigenvalue weighted by Crippen LogP contribution is -1.98. The number of halogens is 1.